The summed E-state index contributed by atoms with van der Waals surface area (Å²) in [6, 6.07) is 6.11. The van der Waals surface area contributed by atoms with Crippen LogP contribution in [-0.4, -0.2) is 45.5 Å². The molecule has 1 saturated heterocycles. The average Bonchev–Trinajstić information content (AvgIpc) is 3.21. The molecule has 6 nitrogen and oxygen atoms in total. The zero-order valence-corrected chi connectivity index (χ0v) is 15.8. The molecule has 1 aliphatic heterocycles. The summed E-state index contributed by atoms with van der Waals surface area (Å²) in [5.41, 5.74) is 1.39. The summed E-state index contributed by atoms with van der Waals surface area (Å²) in [7, 11) is 0. The van der Waals surface area contributed by atoms with Crippen molar-refractivity contribution in [1.29, 1.82) is 0 Å². The molecule has 28 heavy (non-hydrogen) atoms. The Labute approximate surface area is 163 Å². The lowest BCUT2D eigenvalue weighted by molar-refractivity contribution is -0.129. The maximum Gasteiger partial charge on any atom is 0.255 e. The van der Waals surface area contributed by atoms with Crippen LogP contribution in [0.25, 0.3) is 11.3 Å². The van der Waals surface area contributed by atoms with Crippen molar-refractivity contribution in [3.05, 3.63) is 41.8 Å². The summed E-state index contributed by atoms with van der Waals surface area (Å²) in [6.45, 7) is 0.558. The van der Waals surface area contributed by atoms with Gasteiger partial charge in [-0.2, -0.15) is 5.10 Å². The van der Waals surface area contributed by atoms with E-state index in [0.717, 1.165) is 25.7 Å². The smallest absolute Gasteiger partial charge is 0.255 e. The van der Waals surface area contributed by atoms with E-state index in [1.54, 1.807) is 12.1 Å². The van der Waals surface area contributed by atoms with Crippen LogP contribution in [0.3, 0.4) is 0 Å². The maximum absolute atomic E-state index is 13.5. The maximum atomic E-state index is 13.5. The summed E-state index contributed by atoms with van der Waals surface area (Å²) in [4.78, 5) is 27.3. The van der Waals surface area contributed by atoms with Crippen LogP contribution < -0.4 is 5.32 Å². The molecule has 1 atom stereocenters. The number of hydrogen-bond donors (Lipinski definition) is 2. The van der Waals surface area contributed by atoms with E-state index in [2.05, 4.69) is 15.5 Å². The van der Waals surface area contributed by atoms with Crippen molar-refractivity contribution in [3.63, 3.8) is 0 Å². The third-order valence-electron chi connectivity index (χ3n) is 5.76. The van der Waals surface area contributed by atoms with Crippen molar-refractivity contribution in [1.82, 2.24) is 20.4 Å². The van der Waals surface area contributed by atoms with Gasteiger partial charge >= 0.3 is 0 Å². The molecule has 2 aromatic rings. The third-order valence-corrected chi connectivity index (χ3v) is 5.76. The molecular weight excluding hydrogens is 359 g/mol. The molecule has 0 spiro atoms. The van der Waals surface area contributed by atoms with Crippen molar-refractivity contribution >= 4 is 11.8 Å². The molecule has 1 saturated carbocycles. The van der Waals surface area contributed by atoms with Gasteiger partial charge in [-0.05, 0) is 25.0 Å². The lowest BCUT2D eigenvalue weighted by Crippen LogP contribution is -2.40. The molecule has 148 valence electrons. The van der Waals surface area contributed by atoms with Crippen LogP contribution in [0.4, 0.5) is 4.39 Å². The van der Waals surface area contributed by atoms with E-state index in [9.17, 15) is 14.0 Å². The van der Waals surface area contributed by atoms with Gasteiger partial charge in [-0.15, -0.1) is 0 Å². The molecule has 2 aliphatic rings. The van der Waals surface area contributed by atoms with Crippen LogP contribution in [0.1, 0.15) is 55.3 Å². The number of nitrogens with one attached hydrogen (secondary N) is 2. The number of carbonyl (C=O) groups is 2. The fourth-order valence-corrected chi connectivity index (χ4v) is 4.34. The topological polar surface area (TPSA) is 78.1 Å². The molecular formula is C21H25FN4O2. The molecule has 2 N–H and O–H groups in total. The predicted molar refractivity (Wildman–Crippen MR) is 103 cm³/mol. The van der Waals surface area contributed by atoms with Gasteiger partial charge in [0.05, 0.1) is 23.5 Å². The number of benzene rings is 1. The van der Waals surface area contributed by atoms with Gasteiger partial charge in [0, 0.05) is 24.6 Å². The average molecular weight is 384 g/mol. The third kappa shape index (κ3) is 3.93. The molecule has 1 aromatic carbocycles. The van der Waals surface area contributed by atoms with E-state index in [1.807, 2.05) is 4.90 Å². The van der Waals surface area contributed by atoms with Crippen molar-refractivity contribution in [2.75, 3.05) is 6.54 Å². The number of H-pyrrole nitrogens is 1. The highest BCUT2D eigenvalue weighted by molar-refractivity contribution is 6.00. The summed E-state index contributed by atoms with van der Waals surface area (Å²) in [5.74, 6) is -0.554. The first-order chi connectivity index (χ1) is 13.6. The van der Waals surface area contributed by atoms with Crippen LogP contribution in [-0.2, 0) is 4.79 Å². The number of rotatable bonds is 4. The zero-order valence-electron chi connectivity index (χ0n) is 15.8. The summed E-state index contributed by atoms with van der Waals surface area (Å²) < 4.78 is 13.5. The van der Waals surface area contributed by atoms with E-state index in [4.69, 9.17) is 0 Å². The van der Waals surface area contributed by atoms with Crippen LogP contribution in [0.5, 0.6) is 0 Å². The summed E-state index contributed by atoms with van der Waals surface area (Å²) in [5, 5.41) is 9.69. The molecule has 4 rings (SSSR count). The minimum atomic E-state index is -0.376. The number of hydrogen-bond acceptors (Lipinski definition) is 3. The van der Waals surface area contributed by atoms with Gasteiger partial charge in [0.1, 0.15) is 5.82 Å². The minimum Gasteiger partial charge on any atom is -0.347 e. The SMILES string of the molecule is O=C(N[C@@H]1CC(=O)N(C2CCCCCC2)C1)c1cn[nH]c1-c1cccc(F)c1. The van der Waals surface area contributed by atoms with Crippen LogP contribution >= 0.6 is 0 Å². The minimum absolute atomic E-state index is 0.120. The summed E-state index contributed by atoms with van der Waals surface area (Å²) >= 11 is 0. The Kier molecular flexibility index (Phi) is 5.41. The lowest BCUT2D eigenvalue weighted by atomic mass is 10.1. The quantitative estimate of drug-likeness (QED) is 0.794. The number of amides is 2. The molecule has 2 amide bonds. The first-order valence-corrected chi connectivity index (χ1v) is 10.0. The summed E-state index contributed by atoms with van der Waals surface area (Å²) in [6.07, 6.45) is 8.68. The molecule has 1 aliphatic carbocycles. The van der Waals surface area contributed by atoms with E-state index in [1.165, 1.54) is 31.2 Å². The number of halogens is 1. The van der Waals surface area contributed by atoms with Crippen LogP contribution in [0, 0.1) is 5.82 Å². The van der Waals surface area contributed by atoms with Gasteiger partial charge in [-0.25, -0.2) is 4.39 Å². The number of aromatic nitrogens is 2. The highest BCUT2D eigenvalue weighted by Crippen LogP contribution is 2.26. The second-order valence-electron chi connectivity index (χ2n) is 7.74. The molecule has 2 heterocycles. The predicted octanol–water partition coefficient (Wildman–Crippen LogP) is 3.27. The van der Waals surface area contributed by atoms with Crippen molar-refractivity contribution in [2.45, 2.75) is 57.0 Å². The number of likely N-dealkylation sites (tertiary alicyclic amines) is 1. The first kappa shape index (κ1) is 18.7. The van der Waals surface area contributed by atoms with Gasteiger partial charge in [-0.3, -0.25) is 14.7 Å². The van der Waals surface area contributed by atoms with E-state index >= 15 is 0 Å². The highest BCUT2D eigenvalue weighted by Gasteiger charge is 2.35. The second-order valence-corrected chi connectivity index (χ2v) is 7.74. The Hall–Kier alpha value is -2.70. The van der Waals surface area contributed by atoms with E-state index in [0.29, 0.717) is 35.8 Å². The van der Waals surface area contributed by atoms with Gasteiger partial charge in [0.15, 0.2) is 0 Å². The van der Waals surface area contributed by atoms with Gasteiger partial charge < -0.3 is 10.2 Å². The number of nitrogens with zero attached hydrogens (tertiary/aromatic N) is 2. The van der Waals surface area contributed by atoms with E-state index in [-0.39, 0.29) is 23.7 Å². The molecule has 0 unspecified atom stereocenters. The largest absolute Gasteiger partial charge is 0.347 e. The molecule has 7 heteroatoms. The molecule has 2 fully saturated rings. The van der Waals surface area contributed by atoms with Crippen LogP contribution in [0.2, 0.25) is 0 Å². The monoisotopic (exact) mass is 384 g/mol. The normalized spacial score (nSPS) is 21.0. The van der Waals surface area contributed by atoms with Gasteiger partial charge in [0.2, 0.25) is 5.91 Å². The Morgan fingerprint density at radius 3 is 2.75 bits per heavy atom. The lowest BCUT2D eigenvalue weighted by Gasteiger charge is -2.27. The molecule has 0 bridgehead atoms. The second kappa shape index (κ2) is 8.12. The number of carbonyl (C=O) groups excluding carboxylic acids is 2. The van der Waals surface area contributed by atoms with Gasteiger partial charge in [-0.1, -0.05) is 37.8 Å². The Bertz CT molecular complexity index is 858. The molecule has 0 radical (unpaired) electrons. The Morgan fingerprint density at radius 2 is 2.00 bits per heavy atom. The fourth-order valence-electron chi connectivity index (χ4n) is 4.34. The number of aromatic amines is 1. The van der Waals surface area contributed by atoms with Crippen molar-refractivity contribution in [2.24, 2.45) is 0 Å². The standard InChI is InChI=1S/C21H25FN4O2/c22-15-7-5-6-14(10-15)20-18(12-23-25-20)21(28)24-16-11-19(27)26(13-16)17-8-3-1-2-4-9-17/h5-7,10,12,16-17H,1-4,8-9,11,13H2,(H,23,25)(H,24,28)/t16-/m1/s1. The van der Waals surface area contributed by atoms with Gasteiger partial charge in [0.25, 0.3) is 5.91 Å². The van der Waals surface area contributed by atoms with Crippen molar-refractivity contribution < 1.29 is 14.0 Å². The van der Waals surface area contributed by atoms with Crippen molar-refractivity contribution in [3.8, 4) is 11.3 Å². The zero-order chi connectivity index (χ0) is 19.5. The van der Waals surface area contributed by atoms with E-state index < -0.39 is 0 Å². The highest BCUT2D eigenvalue weighted by atomic mass is 19.1. The molecule has 1 aromatic heterocycles. The van der Waals surface area contributed by atoms with Crippen LogP contribution in [0.15, 0.2) is 30.5 Å². The Balaban J connectivity index is 1.44. The Morgan fingerprint density at radius 1 is 1.21 bits per heavy atom. The first-order valence-electron chi connectivity index (χ1n) is 10.0. The fraction of sp³-hybridized carbons (Fsp3) is 0.476.